The molecule has 0 unspecified atom stereocenters. The summed E-state index contributed by atoms with van der Waals surface area (Å²) in [6.45, 7) is 0. The van der Waals surface area contributed by atoms with E-state index >= 15 is 0 Å². The first-order valence-electron chi connectivity index (χ1n) is 2.89. The Hall–Kier alpha value is -0.350. The zero-order valence-corrected chi connectivity index (χ0v) is 7.76. The normalized spacial score (nSPS) is 16.1. The van der Waals surface area contributed by atoms with Gasteiger partial charge in [-0.1, -0.05) is 0 Å². The second kappa shape index (κ2) is 4.51. The van der Waals surface area contributed by atoms with E-state index in [1.165, 1.54) is 7.11 Å². The maximum atomic E-state index is 10.9. The zero-order valence-electron chi connectivity index (χ0n) is 6.12. The molecule has 5 heteroatoms. The summed E-state index contributed by atoms with van der Waals surface area (Å²) < 4.78 is 4.51. The maximum Gasteiger partial charge on any atom is 0.336 e. The minimum Gasteiger partial charge on any atom is -0.466 e. The highest BCUT2D eigenvalue weighted by Gasteiger charge is 2.19. The first-order chi connectivity index (χ1) is 4.75. The molecule has 0 fully saturated rings. The van der Waals surface area contributed by atoms with Gasteiger partial charge in [-0.2, -0.15) is 11.8 Å². The molecule has 64 valence electrons. The predicted molar refractivity (Wildman–Crippen MR) is 47.8 cm³/mol. The van der Waals surface area contributed by atoms with E-state index in [0.29, 0.717) is 17.0 Å². The van der Waals surface area contributed by atoms with Crippen LogP contribution >= 0.6 is 24.2 Å². The van der Waals surface area contributed by atoms with Gasteiger partial charge in [0.05, 0.1) is 12.7 Å². The lowest BCUT2D eigenvalue weighted by atomic mass is 10.2. The minimum absolute atomic E-state index is 0. The van der Waals surface area contributed by atoms with Crippen molar-refractivity contribution in [3.05, 3.63) is 11.3 Å². The molecule has 1 aliphatic rings. The molecular weight excluding hydrogens is 186 g/mol. The lowest BCUT2D eigenvalue weighted by Gasteiger charge is -1.98. The smallest absolute Gasteiger partial charge is 0.336 e. The van der Waals surface area contributed by atoms with Crippen molar-refractivity contribution in [3.63, 3.8) is 0 Å². The van der Waals surface area contributed by atoms with Gasteiger partial charge in [0.1, 0.15) is 0 Å². The molecule has 0 bridgehead atoms. The molecule has 1 aliphatic heterocycles. The number of hydrogen-bond acceptors (Lipinski definition) is 4. The quantitative estimate of drug-likeness (QED) is 0.621. The molecule has 0 atom stereocenters. The number of nitrogens with two attached hydrogens (primary N) is 1. The third-order valence-corrected chi connectivity index (χ3v) is 2.33. The number of halogens is 1. The zero-order chi connectivity index (χ0) is 7.56. The van der Waals surface area contributed by atoms with Gasteiger partial charge in [-0.05, 0) is 0 Å². The van der Waals surface area contributed by atoms with Crippen molar-refractivity contribution in [2.75, 3.05) is 18.6 Å². The fourth-order valence-electron chi connectivity index (χ4n) is 0.756. The summed E-state index contributed by atoms with van der Waals surface area (Å²) in [4.78, 5) is 10.9. The van der Waals surface area contributed by atoms with Crippen LogP contribution in [0.15, 0.2) is 11.3 Å². The van der Waals surface area contributed by atoms with E-state index in [1.807, 2.05) is 0 Å². The Bertz CT molecular complexity index is 193. The van der Waals surface area contributed by atoms with E-state index in [2.05, 4.69) is 4.74 Å². The molecule has 1 heterocycles. The molecule has 0 aromatic carbocycles. The van der Waals surface area contributed by atoms with Crippen molar-refractivity contribution in [1.29, 1.82) is 0 Å². The highest BCUT2D eigenvalue weighted by Crippen LogP contribution is 2.21. The summed E-state index contributed by atoms with van der Waals surface area (Å²) in [5, 5.41) is 0. The monoisotopic (exact) mass is 195 g/mol. The van der Waals surface area contributed by atoms with Crippen LogP contribution in [0, 0.1) is 0 Å². The van der Waals surface area contributed by atoms with Crippen LogP contribution in [0.25, 0.3) is 0 Å². The fourth-order valence-corrected chi connectivity index (χ4v) is 1.76. The third-order valence-electron chi connectivity index (χ3n) is 1.32. The van der Waals surface area contributed by atoms with Gasteiger partial charge in [-0.3, -0.25) is 0 Å². The summed E-state index contributed by atoms with van der Waals surface area (Å²) in [7, 11) is 1.37. The van der Waals surface area contributed by atoms with Crippen LogP contribution in [-0.4, -0.2) is 24.6 Å². The van der Waals surface area contributed by atoms with Crippen molar-refractivity contribution in [2.45, 2.75) is 0 Å². The molecule has 1 rings (SSSR count). The molecule has 3 nitrogen and oxygen atoms in total. The van der Waals surface area contributed by atoms with E-state index in [1.54, 1.807) is 11.8 Å². The second-order valence-corrected chi connectivity index (χ2v) is 2.97. The Morgan fingerprint density at radius 3 is 2.64 bits per heavy atom. The Kier molecular flexibility index (Phi) is 4.37. The summed E-state index contributed by atoms with van der Waals surface area (Å²) in [6, 6.07) is 0. The molecule has 0 saturated heterocycles. The van der Waals surface area contributed by atoms with Crippen LogP contribution in [0.4, 0.5) is 0 Å². The highest BCUT2D eigenvalue weighted by molar-refractivity contribution is 7.99. The van der Waals surface area contributed by atoms with Crippen molar-refractivity contribution in [2.24, 2.45) is 5.73 Å². The maximum absolute atomic E-state index is 10.9. The van der Waals surface area contributed by atoms with Crippen LogP contribution in [0.5, 0.6) is 0 Å². The van der Waals surface area contributed by atoms with E-state index in [-0.39, 0.29) is 18.4 Å². The Balaban J connectivity index is 0.000001000. The molecule has 0 radical (unpaired) electrons. The van der Waals surface area contributed by atoms with Gasteiger partial charge in [0.15, 0.2) is 0 Å². The van der Waals surface area contributed by atoms with E-state index in [4.69, 9.17) is 5.73 Å². The number of methoxy groups -OCH3 is 1. The van der Waals surface area contributed by atoms with E-state index in [9.17, 15) is 4.79 Å². The van der Waals surface area contributed by atoms with Crippen LogP contribution in [0.2, 0.25) is 0 Å². The average Bonchev–Trinajstić information content (AvgIpc) is 2.34. The van der Waals surface area contributed by atoms with Crippen LogP contribution in [-0.2, 0) is 9.53 Å². The number of thioether (sulfide) groups is 1. The molecule has 0 saturated carbocycles. The minimum atomic E-state index is -0.289. The highest BCUT2D eigenvalue weighted by atomic mass is 35.5. The molecule has 0 aromatic rings. The van der Waals surface area contributed by atoms with Crippen LogP contribution in [0.3, 0.4) is 0 Å². The second-order valence-electron chi connectivity index (χ2n) is 1.99. The number of esters is 1. The van der Waals surface area contributed by atoms with Crippen LogP contribution in [0.1, 0.15) is 0 Å². The topological polar surface area (TPSA) is 52.3 Å². The summed E-state index contributed by atoms with van der Waals surface area (Å²) in [6.07, 6.45) is 0. The van der Waals surface area contributed by atoms with Gasteiger partial charge < -0.3 is 10.5 Å². The average molecular weight is 196 g/mol. The van der Waals surface area contributed by atoms with Gasteiger partial charge in [-0.15, -0.1) is 12.4 Å². The summed E-state index contributed by atoms with van der Waals surface area (Å²) in [5.74, 6) is 1.16. The summed E-state index contributed by atoms with van der Waals surface area (Å²) >= 11 is 1.63. The first-order valence-corrected chi connectivity index (χ1v) is 4.04. The first kappa shape index (κ1) is 10.7. The van der Waals surface area contributed by atoms with E-state index < -0.39 is 0 Å². The molecule has 2 N–H and O–H groups in total. The van der Waals surface area contributed by atoms with Crippen molar-refractivity contribution < 1.29 is 9.53 Å². The number of ether oxygens (including phenoxy) is 1. The Morgan fingerprint density at radius 2 is 2.27 bits per heavy atom. The van der Waals surface area contributed by atoms with Gasteiger partial charge in [0.25, 0.3) is 0 Å². The molecule has 0 aliphatic carbocycles. The molecule has 0 spiro atoms. The van der Waals surface area contributed by atoms with Crippen molar-refractivity contribution in [3.8, 4) is 0 Å². The number of hydrogen-bond donors (Lipinski definition) is 1. The van der Waals surface area contributed by atoms with Gasteiger partial charge in [0.2, 0.25) is 0 Å². The standard InChI is InChI=1S/C6H9NO2S.ClH/c1-9-6(8)4-2-10-3-5(4)7;/h2-3,7H2,1H3;1H. The Morgan fingerprint density at radius 1 is 1.64 bits per heavy atom. The van der Waals surface area contributed by atoms with Gasteiger partial charge >= 0.3 is 5.97 Å². The van der Waals surface area contributed by atoms with Gasteiger partial charge in [-0.25, -0.2) is 4.79 Å². The molecule has 11 heavy (non-hydrogen) atoms. The van der Waals surface area contributed by atoms with E-state index in [0.717, 1.165) is 5.75 Å². The van der Waals surface area contributed by atoms with Crippen molar-refractivity contribution >= 4 is 30.1 Å². The molecular formula is C6H10ClNO2S. The van der Waals surface area contributed by atoms with Gasteiger partial charge in [0, 0.05) is 17.2 Å². The van der Waals surface area contributed by atoms with Crippen molar-refractivity contribution in [1.82, 2.24) is 0 Å². The number of carbonyl (C=O) groups is 1. The third kappa shape index (κ3) is 2.31. The Labute approximate surface area is 75.8 Å². The SMILES string of the molecule is COC(=O)C1=C(N)CSC1.Cl. The predicted octanol–water partition coefficient (Wildman–Crippen LogP) is 0.541. The van der Waals surface area contributed by atoms with Crippen LogP contribution < -0.4 is 5.73 Å². The fraction of sp³-hybridized carbons (Fsp3) is 0.500. The lowest BCUT2D eigenvalue weighted by Crippen LogP contribution is -2.10. The number of carbonyl (C=O) groups excluding carboxylic acids is 1. The lowest BCUT2D eigenvalue weighted by molar-refractivity contribution is -0.136. The summed E-state index contributed by atoms with van der Waals surface area (Å²) in [5.41, 5.74) is 6.81. The molecule has 0 aromatic heterocycles. The number of rotatable bonds is 1. The largest absolute Gasteiger partial charge is 0.466 e. The molecule has 0 amide bonds.